The summed E-state index contributed by atoms with van der Waals surface area (Å²) in [4.78, 5) is 4.25. The van der Waals surface area contributed by atoms with Crippen LogP contribution in [-0.4, -0.2) is 68.1 Å². The summed E-state index contributed by atoms with van der Waals surface area (Å²) in [6.45, 7) is -0.337. The van der Waals surface area contributed by atoms with E-state index in [1.54, 1.807) is 19.4 Å². The van der Waals surface area contributed by atoms with E-state index < -0.39 is 29.0 Å². The number of thioether (sulfide) groups is 1. The lowest BCUT2D eigenvalue weighted by atomic mass is 10.0. The fourth-order valence-corrected chi connectivity index (χ4v) is 4.12. The Hall–Kier alpha value is -1.84. The van der Waals surface area contributed by atoms with Gasteiger partial charge in [-0.1, -0.05) is 18.2 Å². The van der Waals surface area contributed by atoms with Gasteiger partial charge in [0.15, 0.2) is 5.44 Å². The van der Waals surface area contributed by atoms with Crippen molar-refractivity contribution in [2.75, 3.05) is 13.7 Å². The van der Waals surface area contributed by atoms with E-state index in [-0.39, 0.29) is 6.61 Å². The second-order valence-electron chi connectivity index (χ2n) is 6.31. The summed E-state index contributed by atoms with van der Waals surface area (Å²) in [5.74, 6) is 1.11. The van der Waals surface area contributed by atoms with Gasteiger partial charge in [-0.2, -0.15) is 0 Å². The zero-order valence-electron chi connectivity index (χ0n) is 14.8. The van der Waals surface area contributed by atoms with Gasteiger partial charge in [0.25, 0.3) is 0 Å². The maximum atomic E-state index is 10.2. The van der Waals surface area contributed by atoms with Gasteiger partial charge >= 0.3 is 0 Å². The minimum Gasteiger partial charge on any atom is -0.497 e. The maximum Gasteiger partial charge on any atom is 0.218 e. The van der Waals surface area contributed by atoms with Crippen molar-refractivity contribution in [1.29, 1.82) is 0 Å². The molecule has 0 saturated carbocycles. The summed E-state index contributed by atoms with van der Waals surface area (Å²) in [5, 5.41) is 38.9. The van der Waals surface area contributed by atoms with Gasteiger partial charge in [0.2, 0.25) is 5.88 Å². The first kappa shape index (κ1) is 19.9. The molecule has 1 saturated heterocycles. The lowest BCUT2D eigenvalue weighted by Crippen LogP contribution is -2.55. The van der Waals surface area contributed by atoms with E-state index in [9.17, 15) is 20.4 Å². The van der Waals surface area contributed by atoms with Crippen LogP contribution in [0.2, 0.25) is 0 Å². The smallest absolute Gasteiger partial charge is 0.218 e. The van der Waals surface area contributed by atoms with E-state index in [0.717, 1.165) is 28.6 Å². The molecule has 4 N–H and O–H groups in total. The molecule has 1 aromatic carbocycles. The number of nitrogens with zero attached hydrogens (tertiary/aromatic N) is 1. The number of pyridine rings is 1. The van der Waals surface area contributed by atoms with Crippen molar-refractivity contribution < 1.29 is 29.9 Å². The molecule has 2 heterocycles. The third-order valence-corrected chi connectivity index (χ3v) is 5.90. The highest BCUT2D eigenvalue weighted by Gasteiger charge is 2.44. The SMILES string of the molecule is COc1ccc(Cc2cccnc2OC2SC(CO)C(O)C(O)C2O)cc1. The largest absolute Gasteiger partial charge is 0.497 e. The van der Waals surface area contributed by atoms with Crippen molar-refractivity contribution in [2.45, 2.75) is 35.4 Å². The highest BCUT2D eigenvalue weighted by Crippen LogP contribution is 2.34. The molecule has 1 fully saturated rings. The number of hydrogen-bond donors (Lipinski definition) is 4. The zero-order chi connectivity index (χ0) is 19.4. The average molecular weight is 393 g/mol. The Kier molecular flexibility index (Phi) is 6.56. The maximum absolute atomic E-state index is 10.2. The monoisotopic (exact) mass is 393 g/mol. The Morgan fingerprint density at radius 3 is 2.44 bits per heavy atom. The molecule has 7 nitrogen and oxygen atoms in total. The van der Waals surface area contributed by atoms with Crippen molar-refractivity contribution in [3.8, 4) is 11.6 Å². The number of rotatable bonds is 6. The zero-order valence-corrected chi connectivity index (χ0v) is 15.6. The van der Waals surface area contributed by atoms with Crippen LogP contribution in [0, 0.1) is 0 Å². The molecule has 5 atom stereocenters. The van der Waals surface area contributed by atoms with Gasteiger partial charge in [-0.3, -0.25) is 0 Å². The predicted octanol–water partition coefficient (Wildman–Crippen LogP) is 0.576. The molecule has 3 rings (SSSR count). The molecular weight excluding hydrogens is 370 g/mol. The number of methoxy groups -OCH3 is 1. The van der Waals surface area contributed by atoms with Crippen LogP contribution in [0.15, 0.2) is 42.6 Å². The number of aromatic nitrogens is 1. The molecule has 0 spiro atoms. The van der Waals surface area contributed by atoms with Gasteiger partial charge in [0.1, 0.15) is 18.0 Å². The van der Waals surface area contributed by atoms with Crippen molar-refractivity contribution in [2.24, 2.45) is 0 Å². The Morgan fingerprint density at radius 1 is 1.04 bits per heavy atom. The van der Waals surface area contributed by atoms with Gasteiger partial charge in [0, 0.05) is 18.2 Å². The molecule has 146 valence electrons. The average Bonchev–Trinajstić information content (AvgIpc) is 2.70. The first-order chi connectivity index (χ1) is 13.0. The van der Waals surface area contributed by atoms with Crippen LogP contribution >= 0.6 is 11.8 Å². The van der Waals surface area contributed by atoms with Gasteiger partial charge in [-0.05, 0) is 23.8 Å². The number of aliphatic hydroxyl groups is 4. The molecule has 1 aromatic heterocycles. The second kappa shape index (κ2) is 8.90. The molecule has 2 aromatic rings. The van der Waals surface area contributed by atoms with Crippen LogP contribution in [0.3, 0.4) is 0 Å². The third kappa shape index (κ3) is 4.53. The highest BCUT2D eigenvalue weighted by atomic mass is 32.2. The van der Waals surface area contributed by atoms with Crippen LogP contribution in [0.5, 0.6) is 11.6 Å². The summed E-state index contributed by atoms with van der Waals surface area (Å²) < 4.78 is 11.0. The molecular formula is C19H23NO6S. The normalized spacial score (nSPS) is 28.0. The first-order valence-corrected chi connectivity index (χ1v) is 9.51. The lowest BCUT2D eigenvalue weighted by molar-refractivity contribution is -0.0915. The number of aliphatic hydroxyl groups excluding tert-OH is 4. The summed E-state index contributed by atoms with van der Waals surface area (Å²) in [6.07, 6.45) is -1.78. The lowest BCUT2D eigenvalue weighted by Gasteiger charge is -2.39. The Labute approximate surface area is 161 Å². The van der Waals surface area contributed by atoms with Crippen molar-refractivity contribution in [3.05, 3.63) is 53.7 Å². The van der Waals surface area contributed by atoms with Gasteiger partial charge in [-0.15, -0.1) is 11.8 Å². The molecule has 27 heavy (non-hydrogen) atoms. The molecule has 1 aliphatic heterocycles. The Bertz CT molecular complexity index is 741. The molecule has 5 unspecified atom stereocenters. The summed E-state index contributed by atoms with van der Waals surface area (Å²) >= 11 is 1.08. The highest BCUT2D eigenvalue weighted by molar-refractivity contribution is 8.00. The molecule has 0 aliphatic carbocycles. The summed E-state index contributed by atoms with van der Waals surface area (Å²) in [6, 6.07) is 11.3. The van der Waals surface area contributed by atoms with Crippen molar-refractivity contribution in [3.63, 3.8) is 0 Å². The van der Waals surface area contributed by atoms with Crippen LogP contribution in [0.25, 0.3) is 0 Å². The first-order valence-electron chi connectivity index (χ1n) is 8.57. The fourth-order valence-electron chi connectivity index (χ4n) is 2.90. The van der Waals surface area contributed by atoms with E-state index in [1.165, 1.54) is 0 Å². The topological polar surface area (TPSA) is 112 Å². The minimum absolute atomic E-state index is 0.337. The molecule has 1 aliphatic rings. The minimum atomic E-state index is -1.40. The summed E-state index contributed by atoms with van der Waals surface area (Å²) in [5.41, 5.74) is 0.996. The van der Waals surface area contributed by atoms with E-state index in [0.29, 0.717) is 12.3 Å². The number of ether oxygens (including phenoxy) is 2. The van der Waals surface area contributed by atoms with E-state index in [2.05, 4.69) is 4.98 Å². The van der Waals surface area contributed by atoms with Gasteiger partial charge in [0.05, 0.1) is 25.1 Å². The van der Waals surface area contributed by atoms with Crippen LogP contribution in [-0.2, 0) is 6.42 Å². The van der Waals surface area contributed by atoms with Crippen LogP contribution < -0.4 is 9.47 Å². The van der Waals surface area contributed by atoms with E-state index in [4.69, 9.17) is 9.47 Å². The number of benzene rings is 1. The van der Waals surface area contributed by atoms with Gasteiger partial charge < -0.3 is 29.9 Å². The van der Waals surface area contributed by atoms with E-state index in [1.807, 2.05) is 30.3 Å². The van der Waals surface area contributed by atoms with Crippen LogP contribution in [0.4, 0.5) is 0 Å². The van der Waals surface area contributed by atoms with Crippen molar-refractivity contribution >= 4 is 11.8 Å². The predicted molar refractivity (Wildman–Crippen MR) is 101 cm³/mol. The quantitative estimate of drug-likeness (QED) is 0.564. The van der Waals surface area contributed by atoms with E-state index >= 15 is 0 Å². The van der Waals surface area contributed by atoms with Crippen LogP contribution in [0.1, 0.15) is 11.1 Å². The second-order valence-corrected chi connectivity index (χ2v) is 7.65. The van der Waals surface area contributed by atoms with Crippen molar-refractivity contribution in [1.82, 2.24) is 4.98 Å². The molecule has 0 radical (unpaired) electrons. The fraction of sp³-hybridized carbons (Fsp3) is 0.421. The molecule has 0 bridgehead atoms. The molecule has 0 amide bonds. The summed E-state index contributed by atoms with van der Waals surface area (Å²) in [7, 11) is 1.61. The third-order valence-electron chi connectivity index (χ3n) is 4.48. The van der Waals surface area contributed by atoms with Gasteiger partial charge in [-0.25, -0.2) is 4.98 Å². The Morgan fingerprint density at radius 2 is 1.78 bits per heavy atom. The number of hydrogen-bond acceptors (Lipinski definition) is 8. The standard InChI is InChI=1S/C19H23NO6S/c1-25-13-6-4-11(5-7-13)9-12-3-2-8-20-18(12)26-19-17(24)16(23)15(22)14(10-21)27-19/h2-8,14-17,19,21-24H,9-10H2,1H3. The molecule has 8 heteroatoms. The Balaban J connectivity index is 1.77.